The van der Waals surface area contributed by atoms with E-state index < -0.39 is 8.45 Å². The molecule has 1 atom stereocenters. The van der Waals surface area contributed by atoms with Crippen LogP contribution in [0.4, 0.5) is 0 Å². The Morgan fingerprint density at radius 2 is 1.15 bits per heavy atom. The summed E-state index contributed by atoms with van der Waals surface area (Å²) in [5.74, 6) is -0.283. The maximum absolute atomic E-state index is 12.0. The number of nitrogens with zero attached hydrogens (tertiary/aromatic N) is 2. The first-order valence-corrected chi connectivity index (χ1v) is 11.3. The maximum atomic E-state index is 12.0. The molecule has 0 saturated heterocycles. The molecule has 0 N–H and O–H groups in total. The summed E-state index contributed by atoms with van der Waals surface area (Å²) in [7, 11) is -0.897. The second-order valence-electron chi connectivity index (χ2n) is 8.40. The summed E-state index contributed by atoms with van der Waals surface area (Å²) in [5, 5.41) is 0. The molecule has 156 valence electrons. The van der Waals surface area contributed by atoms with Gasteiger partial charge in [-0.1, -0.05) is 6.92 Å². The molecule has 0 aliphatic heterocycles. The zero-order valence-electron chi connectivity index (χ0n) is 18.9. The largest absolute Gasteiger partial charge is 0.463 e. The highest BCUT2D eigenvalue weighted by Gasteiger charge is 2.34. The van der Waals surface area contributed by atoms with Crippen molar-refractivity contribution in [3.63, 3.8) is 0 Å². The molecule has 0 aromatic heterocycles. The highest BCUT2D eigenvalue weighted by Crippen LogP contribution is 2.50. The van der Waals surface area contributed by atoms with Crippen LogP contribution < -0.4 is 0 Å². The molecule has 0 spiro atoms. The standard InChI is InChI=1S/C20H43N2O3P/c1-14(2)21(15(3)4)26(22(16(5)6)17(7)8)24-13-12-19(11)20(23)25-18(9)10/h14-19H,12-13H2,1-11H3/t19-/m0/s1. The lowest BCUT2D eigenvalue weighted by molar-refractivity contribution is -0.152. The van der Waals surface area contributed by atoms with Crippen LogP contribution in [0.3, 0.4) is 0 Å². The summed E-state index contributed by atoms with van der Waals surface area (Å²) < 4.78 is 16.7. The highest BCUT2D eigenvalue weighted by molar-refractivity contribution is 7.47. The molecular weight excluding hydrogens is 347 g/mol. The first-order valence-electron chi connectivity index (χ1n) is 10.1. The molecule has 0 radical (unpaired) electrons. The third-order valence-electron chi connectivity index (χ3n) is 4.02. The van der Waals surface area contributed by atoms with Crippen molar-refractivity contribution in [2.75, 3.05) is 6.61 Å². The van der Waals surface area contributed by atoms with Crippen molar-refractivity contribution in [1.29, 1.82) is 0 Å². The molecule has 0 bridgehead atoms. The van der Waals surface area contributed by atoms with E-state index in [1.54, 1.807) is 0 Å². The lowest BCUT2D eigenvalue weighted by atomic mass is 10.1. The number of ether oxygens (including phenoxy) is 1. The monoisotopic (exact) mass is 390 g/mol. The second-order valence-corrected chi connectivity index (χ2v) is 10.1. The Balaban J connectivity index is 5.16. The molecule has 0 fully saturated rings. The smallest absolute Gasteiger partial charge is 0.308 e. The van der Waals surface area contributed by atoms with Crippen LogP contribution in [0.15, 0.2) is 0 Å². The van der Waals surface area contributed by atoms with Crippen LogP contribution in [-0.2, 0) is 14.1 Å². The average Bonchev–Trinajstić information content (AvgIpc) is 2.44. The molecule has 0 saturated carbocycles. The molecule has 0 aromatic rings. The van der Waals surface area contributed by atoms with E-state index in [0.29, 0.717) is 37.2 Å². The molecular formula is C20H43N2O3P. The predicted molar refractivity (Wildman–Crippen MR) is 112 cm³/mol. The summed E-state index contributed by atoms with van der Waals surface area (Å²) in [6, 6.07) is 1.57. The third-order valence-corrected chi connectivity index (χ3v) is 7.07. The molecule has 0 aromatic carbocycles. The number of hydrogen-bond donors (Lipinski definition) is 0. The van der Waals surface area contributed by atoms with Crippen molar-refractivity contribution in [1.82, 2.24) is 9.34 Å². The fourth-order valence-electron chi connectivity index (χ4n) is 3.01. The summed E-state index contributed by atoms with van der Waals surface area (Å²) in [6.07, 6.45) is 0.607. The van der Waals surface area contributed by atoms with Gasteiger partial charge in [0.05, 0.1) is 18.6 Å². The maximum Gasteiger partial charge on any atom is 0.308 e. The molecule has 5 nitrogen and oxygen atoms in total. The lowest BCUT2D eigenvalue weighted by Gasteiger charge is -2.45. The first kappa shape index (κ1) is 25.8. The van der Waals surface area contributed by atoms with Gasteiger partial charge >= 0.3 is 5.97 Å². The molecule has 0 aliphatic carbocycles. The van der Waals surface area contributed by atoms with Crippen molar-refractivity contribution in [2.45, 2.75) is 113 Å². The number of carbonyl (C=O) groups is 1. The fraction of sp³-hybridized carbons (Fsp3) is 0.950. The van der Waals surface area contributed by atoms with Crippen molar-refractivity contribution < 1.29 is 14.1 Å². The van der Waals surface area contributed by atoms with Gasteiger partial charge < -0.3 is 9.26 Å². The Hall–Kier alpha value is -0.220. The molecule has 0 heterocycles. The van der Waals surface area contributed by atoms with Gasteiger partial charge in [-0.2, -0.15) is 0 Å². The molecule has 6 heteroatoms. The van der Waals surface area contributed by atoms with Gasteiger partial charge in [0.15, 0.2) is 8.45 Å². The Morgan fingerprint density at radius 1 is 0.769 bits per heavy atom. The molecule has 0 aliphatic rings. The topological polar surface area (TPSA) is 42.0 Å². The Morgan fingerprint density at radius 3 is 1.46 bits per heavy atom. The fourth-order valence-corrected chi connectivity index (χ4v) is 5.37. The molecule has 26 heavy (non-hydrogen) atoms. The minimum absolute atomic E-state index is 0.0715. The summed E-state index contributed by atoms with van der Waals surface area (Å²) in [6.45, 7) is 24.0. The van der Waals surface area contributed by atoms with E-state index in [2.05, 4.69) is 64.7 Å². The molecule has 0 rings (SSSR count). The first-order chi connectivity index (χ1) is 11.9. The van der Waals surface area contributed by atoms with E-state index in [4.69, 9.17) is 9.26 Å². The summed E-state index contributed by atoms with van der Waals surface area (Å²) in [5.41, 5.74) is 0. The quantitative estimate of drug-likeness (QED) is 0.328. The lowest BCUT2D eigenvalue weighted by Crippen LogP contribution is -2.43. The Kier molecular flexibility index (Phi) is 12.2. The normalized spacial score (nSPS) is 14.1. The zero-order valence-corrected chi connectivity index (χ0v) is 19.8. The van der Waals surface area contributed by atoms with Crippen LogP contribution in [-0.4, -0.2) is 52.2 Å². The molecule has 0 unspecified atom stereocenters. The van der Waals surface area contributed by atoms with Crippen molar-refractivity contribution in [3.8, 4) is 0 Å². The van der Waals surface area contributed by atoms with Crippen LogP contribution >= 0.6 is 8.45 Å². The van der Waals surface area contributed by atoms with Gasteiger partial charge in [-0.3, -0.25) is 4.79 Å². The summed E-state index contributed by atoms with van der Waals surface area (Å²) >= 11 is 0. The van der Waals surface area contributed by atoms with Crippen LogP contribution in [0.5, 0.6) is 0 Å². The van der Waals surface area contributed by atoms with Gasteiger partial charge in [-0.05, 0) is 75.7 Å². The van der Waals surface area contributed by atoms with Crippen molar-refractivity contribution >= 4 is 14.4 Å². The van der Waals surface area contributed by atoms with Gasteiger partial charge in [0.1, 0.15) is 0 Å². The van der Waals surface area contributed by atoms with Crippen molar-refractivity contribution in [2.24, 2.45) is 5.92 Å². The van der Waals surface area contributed by atoms with Crippen LogP contribution in [0.1, 0.15) is 82.6 Å². The zero-order chi connectivity index (χ0) is 20.6. The Bertz CT molecular complexity index is 365. The van der Waals surface area contributed by atoms with E-state index in [1.807, 2.05) is 20.8 Å². The highest BCUT2D eigenvalue weighted by atomic mass is 31.2. The van der Waals surface area contributed by atoms with E-state index in [1.165, 1.54) is 0 Å². The van der Waals surface area contributed by atoms with Crippen LogP contribution in [0.2, 0.25) is 0 Å². The summed E-state index contributed by atoms with van der Waals surface area (Å²) in [4.78, 5) is 12.0. The van der Waals surface area contributed by atoms with E-state index in [0.717, 1.165) is 0 Å². The number of carbonyl (C=O) groups excluding carboxylic acids is 1. The van der Waals surface area contributed by atoms with Gasteiger partial charge in [0.25, 0.3) is 0 Å². The second kappa shape index (κ2) is 12.3. The van der Waals surface area contributed by atoms with E-state index >= 15 is 0 Å². The van der Waals surface area contributed by atoms with Gasteiger partial charge in [-0.15, -0.1) is 0 Å². The molecule has 0 amide bonds. The van der Waals surface area contributed by atoms with E-state index in [-0.39, 0.29) is 18.0 Å². The van der Waals surface area contributed by atoms with E-state index in [9.17, 15) is 4.79 Å². The predicted octanol–water partition coefficient (Wildman–Crippen LogP) is 5.45. The van der Waals surface area contributed by atoms with Gasteiger partial charge in [-0.25, -0.2) is 9.34 Å². The Labute approximate surface area is 163 Å². The van der Waals surface area contributed by atoms with Gasteiger partial charge in [0.2, 0.25) is 0 Å². The van der Waals surface area contributed by atoms with Crippen LogP contribution in [0, 0.1) is 5.92 Å². The van der Waals surface area contributed by atoms with Crippen LogP contribution in [0.25, 0.3) is 0 Å². The average molecular weight is 391 g/mol. The SMILES string of the molecule is CC(C)OC(=O)[C@@H](C)CCOP(N(C(C)C)C(C)C)N(C(C)C)C(C)C. The number of rotatable bonds is 12. The van der Waals surface area contributed by atoms with Gasteiger partial charge in [0, 0.05) is 24.2 Å². The third kappa shape index (κ3) is 8.65. The minimum atomic E-state index is -0.897. The number of hydrogen-bond acceptors (Lipinski definition) is 5. The van der Waals surface area contributed by atoms with Crippen molar-refractivity contribution in [3.05, 3.63) is 0 Å². The minimum Gasteiger partial charge on any atom is -0.463 e. The number of esters is 1.